The first-order chi connectivity index (χ1) is 15.5. The van der Waals surface area contributed by atoms with E-state index in [1.165, 1.54) is 0 Å². The zero-order valence-electron chi connectivity index (χ0n) is 18.9. The molecule has 0 saturated carbocycles. The molecule has 174 valence electrons. The maximum absolute atomic E-state index is 6.78. The average Bonchev–Trinajstić information content (AvgIpc) is 2.85. The van der Waals surface area contributed by atoms with Gasteiger partial charge in [0.15, 0.2) is 0 Å². The number of hydrogen-bond acceptors (Lipinski definition) is 6. The summed E-state index contributed by atoms with van der Waals surface area (Å²) < 4.78 is 5.42. The number of nitrogens with zero attached hydrogens (tertiary/aromatic N) is 3. The summed E-state index contributed by atoms with van der Waals surface area (Å²) in [5.41, 5.74) is 22.6. The van der Waals surface area contributed by atoms with Crippen LogP contribution in [0.4, 0.5) is 0 Å². The molecule has 2 aliphatic rings. The lowest BCUT2D eigenvalue weighted by Crippen LogP contribution is -2.46. The smallest absolute Gasteiger partial charge is 0.129 e. The SMILES string of the molecule is CCN1CCN(CCN=C(N)C(=C(N)C2=CCOCC2)/C(Cl)=C(\N)c2ccccc2)CC1. The summed E-state index contributed by atoms with van der Waals surface area (Å²) in [7, 11) is 0. The largest absolute Gasteiger partial charge is 0.398 e. The van der Waals surface area contributed by atoms with E-state index in [1.807, 2.05) is 36.4 Å². The van der Waals surface area contributed by atoms with Gasteiger partial charge in [-0.1, -0.05) is 54.9 Å². The molecule has 32 heavy (non-hydrogen) atoms. The summed E-state index contributed by atoms with van der Waals surface area (Å²) in [6, 6.07) is 9.56. The molecule has 0 spiro atoms. The molecule has 0 amide bonds. The molecule has 0 aliphatic carbocycles. The van der Waals surface area contributed by atoms with Crippen LogP contribution in [0.2, 0.25) is 0 Å². The number of hydrogen-bond donors (Lipinski definition) is 3. The maximum Gasteiger partial charge on any atom is 0.129 e. The Labute approximate surface area is 196 Å². The van der Waals surface area contributed by atoms with Crippen molar-refractivity contribution in [1.29, 1.82) is 0 Å². The number of rotatable bonds is 8. The van der Waals surface area contributed by atoms with Gasteiger partial charge in [0.25, 0.3) is 0 Å². The molecule has 8 heteroatoms. The highest BCUT2D eigenvalue weighted by Crippen LogP contribution is 2.28. The van der Waals surface area contributed by atoms with Crippen molar-refractivity contribution < 1.29 is 4.74 Å². The molecule has 1 aromatic rings. The Bertz CT molecular complexity index is 885. The fourth-order valence-electron chi connectivity index (χ4n) is 3.90. The Hall–Kier alpha value is -2.32. The van der Waals surface area contributed by atoms with Crippen molar-refractivity contribution in [3.8, 4) is 0 Å². The number of piperazine rings is 1. The molecule has 0 unspecified atom stereocenters. The molecule has 2 heterocycles. The number of amidine groups is 1. The third-order valence-corrected chi connectivity index (χ3v) is 6.38. The number of aliphatic imine (C=N–C) groups is 1. The third-order valence-electron chi connectivity index (χ3n) is 5.99. The van der Waals surface area contributed by atoms with Crippen molar-refractivity contribution in [3.63, 3.8) is 0 Å². The van der Waals surface area contributed by atoms with Gasteiger partial charge in [0.05, 0.1) is 36.1 Å². The molecular weight excluding hydrogens is 424 g/mol. The van der Waals surface area contributed by atoms with E-state index in [9.17, 15) is 0 Å². The number of halogens is 1. The molecule has 2 aliphatic heterocycles. The summed E-state index contributed by atoms with van der Waals surface area (Å²) >= 11 is 6.78. The van der Waals surface area contributed by atoms with E-state index >= 15 is 0 Å². The molecule has 1 aromatic carbocycles. The first kappa shape index (κ1) is 24.3. The van der Waals surface area contributed by atoms with Gasteiger partial charge in [0.1, 0.15) is 5.84 Å². The highest BCUT2D eigenvalue weighted by molar-refractivity contribution is 6.38. The number of nitrogens with two attached hydrogens (primary N) is 3. The van der Waals surface area contributed by atoms with Crippen molar-refractivity contribution >= 4 is 23.1 Å². The van der Waals surface area contributed by atoms with Gasteiger partial charge in [-0.3, -0.25) is 9.89 Å². The van der Waals surface area contributed by atoms with E-state index in [-0.39, 0.29) is 0 Å². The zero-order valence-corrected chi connectivity index (χ0v) is 19.7. The minimum Gasteiger partial charge on any atom is -0.398 e. The summed E-state index contributed by atoms with van der Waals surface area (Å²) in [5, 5.41) is 0.318. The Kier molecular flexibility index (Phi) is 9.17. The first-order valence-corrected chi connectivity index (χ1v) is 11.6. The van der Waals surface area contributed by atoms with Crippen LogP contribution in [-0.2, 0) is 4.74 Å². The number of ether oxygens (including phenoxy) is 1. The number of benzene rings is 1. The third kappa shape index (κ3) is 6.36. The molecule has 0 atom stereocenters. The van der Waals surface area contributed by atoms with Crippen LogP contribution in [-0.4, -0.2) is 74.7 Å². The Morgan fingerprint density at radius 3 is 2.34 bits per heavy atom. The Morgan fingerprint density at radius 2 is 1.72 bits per heavy atom. The number of allylic oxidation sites excluding steroid dienone is 1. The fourth-order valence-corrected chi connectivity index (χ4v) is 4.21. The van der Waals surface area contributed by atoms with Gasteiger partial charge in [-0.05, 0) is 24.1 Å². The van der Waals surface area contributed by atoms with Crippen molar-refractivity contribution in [3.05, 3.63) is 63.8 Å². The van der Waals surface area contributed by atoms with E-state index in [2.05, 4.69) is 21.7 Å². The van der Waals surface area contributed by atoms with Gasteiger partial charge in [0, 0.05) is 38.4 Å². The molecule has 1 fully saturated rings. The van der Waals surface area contributed by atoms with Crippen LogP contribution in [0.25, 0.3) is 5.70 Å². The molecule has 0 radical (unpaired) electrons. The van der Waals surface area contributed by atoms with Crippen LogP contribution in [0.15, 0.2) is 63.3 Å². The quantitative estimate of drug-likeness (QED) is 0.313. The Morgan fingerprint density at radius 1 is 1.03 bits per heavy atom. The van der Waals surface area contributed by atoms with Gasteiger partial charge >= 0.3 is 0 Å². The summed E-state index contributed by atoms with van der Waals surface area (Å²) in [5.74, 6) is 0.311. The van der Waals surface area contributed by atoms with Crippen molar-refractivity contribution in [2.24, 2.45) is 22.2 Å². The summed E-state index contributed by atoms with van der Waals surface area (Å²) in [6.07, 6.45) is 2.65. The predicted octanol–water partition coefficient (Wildman–Crippen LogP) is 2.11. The van der Waals surface area contributed by atoms with Crippen LogP contribution in [0.3, 0.4) is 0 Å². The van der Waals surface area contributed by atoms with Crippen molar-refractivity contribution in [2.75, 3.05) is 59.0 Å². The minimum atomic E-state index is 0.311. The molecule has 1 saturated heterocycles. The molecule has 0 bridgehead atoms. The standard InChI is InChI=1S/C24H35ClN6O/c1-2-30-12-14-31(15-13-30)11-10-29-24(28)20(22(26)19-8-16-32-17-9-19)21(25)23(27)18-6-4-3-5-7-18/h3-8H,2,9-17,26-27H2,1H3,(H2,28,29)/b22-20?,23-21+. The molecule has 6 N–H and O–H groups in total. The molecule has 7 nitrogen and oxygen atoms in total. The van der Waals surface area contributed by atoms with Gasteiger partial charge < -0.3 is 26.8 Å². The van der Waals surface area contributed by atoms with Crippen LogP contribution >= 0.6 is 11.6 Å². The second-order valence-corrected chi connectivity index (χ2v) is 8.36. The van der Waals surface area contributed by atoms with Gasteiger partial charge in [-0.15, -0.1) is 0 Å². The van der Waals surface area contributed by atoms with Gasteiger partial charge in [0.2, 0.25) is 0 Å². The Balaban J connectivity index is 1.84. The second kappa shape index (κ2) is 12.1. The van der Waals surface area contributed by atoms with E-state index < -0.39 is 0 Å². The first-order valence-electron chi connectivity index (χ1n) is 11.2. The minimum absolute atomic E-state index is 0.311. The molecule has 3 rings (SSSR count). The summed E-state index contributed by atoms with van der Waals surface area (Å²) in [4.78, 5) is 9.50. The van der Waals surface area contributed by atoms with Crippen LogP contribution in [0.1, 0.15) is 18.9 Å². The van der Waals surface area contributed by atoms with E-state index in [0.717, 1.165) is 50.4 Å². The summed E-state index contributed by atoms with van der Waals surface area (Å²) in [6.45, 7) is 10.1. The van der Waals surface area contributed by atoms with Crippen molar-refractivity contribution in [1.82, 2.24) is 9.80 Å². The van der Waals surface area contributed by atoms with Crippen molar-refractivity contribution in [2.45, 2.75) is 13.3 Å². The predicted molar refractivity (Wildman–Crippen MR) is 133 cm³/mol. The monoisotopic (exact) mass is 458 g/mol. The normalized spacial score (nSPS) is 20.4. The number of likely N-dealkylation sites (N-methyl/N-ethyl adjacent to an activating group) is 1. The van der Waals surface area contributed by atoms with Crippen LogP contribution < -0.4 is 17.2 Å². The highest BCUT2D eigenvalue weighted by Gasteiger charge is 2.20. The van der Waals surface area contributed by atoms with Gasteiger partial charge in [-0.2, -0.15) is 0 Å². The second-order valence-electron chi connectivity index (χ2n) is 7.98. The average molecular weight is 459 g/mol. The van der Waals surface area contributed by atoms with Crippen LogP contribution in [0.5, 0.6) is 0 Å². The highest BCUT2D eigenvalue weighted by atomic mass is 35.5. The van der Waals surface area contributed by atoms with Gasteiger partial charge in [-0.25, -0.2) is 0 Å². The van der Waals surface area contributed by atoms with Crippen LogP contribution in [0, 0.1) is 0 Å². The topological polar surface area (TPSA) is 106 Å². The van der Waals surface area contributed by atoms with E-state index in [1.54, 1.807) is 0 Å². The lowest BCUT2D eigenvalue weighted by Gasteiger charge is -2.33. The lowest BCUT2D eigenvalue weighted by molar-refractivity contribution is 0.140. The van der Waals surface area contributed by atoms with E-state index in [0.29, 0.717) is 54.0 Å². The molecule has 0 aromatic heterocycles. The lowest BCUT2D eigenvalue weighted by atomic mass is 10.00. The van der Waals surface area contributed by atoms with E-state index in [4.69, 9.17) is 33.5 Å². The fraction of sp³-hybridized carbons (Fsp3) is 0.458. The maximum atomic E-state index is 6.78. The molecular formula is C24H35ClN6O. The zero-order chi connectivity index (χ0) is 22.9.